The monoisotopic (exact) mass is 724 g/mol. The number of hydrogen-bond acceptors (Lipinski definition) is 1. The summed E-state index contributed by atoms with van der Waals surface area (Å²) < 4.78 is 2.55. The Bertz CT molecular complexity index is 3140. The van der Waals surface area contributed by atoms with Gasteiger partial charge in [0, 0.05) is 33.3 Å². The summed E-state index contributed by atoms with van der Waals surface area (Å²) in [6.45, 7) is 0. The molecular weight excluding hydrogens is 689 g/mol. The number of hydrogen-bond donors (Lipinski definition) is 1. The number of fused-ring (bicyclic) bond motifs is 6. The molecule has 0 amide bonds. The molecule has 57 heavy (non-hydrogen) atoms. The summed E-state index contributed by atoms with van der Waals surface area (Å²) in [6, 6.07) is 78.2. The Hall–Kier alpha value is -7.42. The van der Waals surface area contributed by atoms with Gasteiger partial charge in [-0.3, -0.25) is 0 Å². The maximum atomic E-state index is 3.57. The molecule has 1 aliphatic carbocycles. The second-order valence-corrected chi connectivity index (χ2v) is 15.3. The average molecular weight is 725 g/mol. The first-order valence-electron chi connectivity index (χ1n) is 19.8. The lowest BCUT2D eigenvalue weighted by Gasteiger charge is -2.35. The largest absolute Gasteiger partial charge is 0.356 e. The fraction of sp³-hybridized carbons (Fsp3) is 0.0182. The topological polar surface area (TPSA) is 17.0 Å². The van der Waals surface area contributed by atoms with E-state index in [4.69, 9.17) is 0 Å². The van der Waals surface area contributed by atoms with Crippen LogP contribution in [0.25, 0.3) is 72.0 Å². The highest BCUT2D eigenvalue weighted by Crippen LogP contribution is 2.64. The van der Waals surface area contributed by atoms with Crippen molar-refractivity contribution >= 4 is 33.2 Å². The van der Waals surface area contributed by atoms with Crippen LogP contribution < -0.4 is 5.32 Å². The molecule has 2 aliphatic rings. The van der Waals surface area contributed by atoms with E-state index in [0.29, 0.717) is 0 Å². The van der Waals surface area contributed by atoms with E-state index in [-0.39, 0.29) is 0 Å². The van der Waals surface area contributed by atoms with E-state index >= 15 is 0 Å². The molecule has 0 bridgehead atoms. The molecule has 0 saturated heterocycles. The van der Waals surface area contributed by atoms with E-state index in [1.807, 2.05) is 6.07 Å². The first kappa shape index (κ1) is 31.9. The van der Waals surface area contributed by atoms with Crippen molar-refractivity contribution in [3.05, 3.63) is 235 Å². The number of nitrogens with zero attached hydrogens (tertiary/aromatic N) is 1. The standard InChI is InChI=1S/C55H36N2/c1-4-16-39(17-5-1)55(40-18-6-2-7-19-40)48-34-33-47-45-24-11-13-26-50(45)57-49-25-12-10-23-44(49)46-32-31-43(53(55)51(46)52(48)54(47)57)37-29-27-36(28-30-37)38-15-14-22-42(35-38)56-41-20-8-3-9-21-41/h1-35,56H. The number of nitrogens with one attached hydrogen (secondary N) is 1. The predicted molar refractivity (Wildman–Crippen MR) is 238 cm³/mol. The number of rotatable bonds is 6. The van der Waals surface area contributed by atoms with Crippen molar-refractivity contribution in [2.24, 2.45) is 0 Å². The zero-order valence-electron chi connectivity index (χ0n) is 31.2. The highest BCUT2D eigenvalue weighted by atomic mass is 15.0. The molecule has 9 aromatic carbocycles. The van der Waals surface area contributed by atoms with Gasteiger partial charge in [-0.05, 0) is 92.0 Å². The molecule has 2 nitrogen and oxygen atoms in total. The van der Waals surface area contributed by atoms with Gasteiger partial charge >= 0.3 is 0 Å². The number of benzene rings is 9. The van der Waals surface area contributed by atoms with Crippen molar-refractivity contribution in [3.8, 4) is 50.2 Å². The van der Waals surface area contributed by atoms with Gasteiger partial charge in [0.2, 0.25) is 0 Å². The van der Waals surface area contributed by atoms with Crippen molar-refractivity contribution in [2.45, 2.75) is 5.41 Å². The van der Waals surface area contributed by atoms with Crippen molar-refractivity contribution in [3.63, 3.8) is 0 Å². The van der Waals surface area contributed by atoms with Crippen molar-refractivity contribution < 1.29 is 0 Å². The summed E-state index contributed by atoms with van der Waals surface area (Å²) in [4.78, 5) is 0. The summed E-state index contributed by atoms with van der Waals surface area (Å²) in [7, 11) is 0. The Balaban J connectivity index is 1.16. The maximum Gasteiger partial charge on any atom is 0.0720 e. The molecule has 12 rings (SSSR count). The van der Waals surface area contributed by atoms with Crippen LogP contribution in [0.2, 0.25) is 0 Å². The minimum atomic E-state index is -0.573. The fourth-order valence-corrected chi connectivity index (χ4v) is 10.1. The molecule has 0 fully saturated rings. The molecule has 0 saturated carbocycles. The van der Waals surface area contributed by atoms with Crippen LogP contribution in [-0.2, 0) is 5.41 Å². The lowest BCUT2D eigenvalue weighted by molar-refractivity contribution is 0.771. The van der Waals surface area contributed by atoms with E-state index < -0.39 is 5.41 Å². The van der Waals surface area contributed by atoms with Crippen LogP contribution in [0, 0.1) is 0 Å². The minimum Gasteiger partial charge on any atom is -0.356 e. The van der Waals surface area contributed by atoms with Crippen LogP contribution in [0.1, 0.15) is 22.3 Å². The molecule has 2 heteroatoms. The molecule has 266 valence electrons. The average Bonchev–Trinajstić information content (AvgIpc) is 3.74. The smallest absolute Gasteiger partial charge is 0.0720 e. The second-order valence-electron chi connectivity index (χ2n) is 15.3. The first-order chi connectivity index (χ1) is 28.3. The molecule has 1 aliphatic heterocycles. The molecule has 1 aromatic heterocycles. The molecule has 0 atom stereocenters. The van der Waals surface area contributed by atoms with Gasteiger partial charge in [0.05, 0.1) is 22.1 Å². The predicted octanol–water partition coefficient (Wildman–Crippen LogP) is 14.2. The molecule has 2 heterocycles. The van der Waals surface area contributed by atoms with E-state index in [1.165, 1.54) is 94.3 Å². The van der Waals surface area contributed by atoms with Crippen LogP contribution in [0.3, 0.4) is 0 Å². The first-order valence-corrected chi connectivity index (χ1v) is 19.8. The van der Waals surface area contributed by atoms with Crippen molar-refractivity contribution in [1.82, 2.24) is 4.57 Å². The van der Waals surface area contributed by atoms with Gasteiger partial charge in [0.15, 0.2) is 0 Å². The summed E-state index contributed by atoms with van der Waals surface area (Å²) in [6.07, 6.45) is 0. The van der Waals surface area contributed by atoms with E-state index in [1.54, 1.807) is 0 Å². The third kappa shape index (κ3) is 4.53. The highest BCUT2D eigenvalue weighted by Gasteiger charge is 2.50. The van der Waals surface area contributed by atoms with E-state index in [0.717, 1.165) is 11.4 Å². The second kappa shape index (κ2) is 12.3. The Labute approximate surface area is 332 Å². The lowest BCUT2D eigenvalue weighted by atomic mass is 9.65. The maximum absolute atomic E-state index is 3.57. The Morgan fingerprint density at radius 3 is 1.79 bits per heavy atom. The van der Waals surface area contributed by atoms with Crippen LogP contribution in [-0.4, -0.2) is 4.57 Å². The van der Waals surface area contributed by atoms with Gasteiger partial charge in [0.25, 0.3) is 0 Å². The van der Waals surface area contributed by atoms with Crippen LogP contribution in [0.4, 0.5) is 11.4 Å². The molecule has 0 spiro atoms. The van der Waals surface area contributed by atoms with Crippen LogP contribution >= 0.6 is 0 Å². The lowest BCUT2D eigenvalue weighted by Crippen LogP contribution is -2.29. The summed E-state index contributed by atoms with van der Waals surface area (Å²) in [5, 5.41) is 6.14. The van der Waals surface area contributed by atoms with E-state index in [2.05, 4.69) is 216 Å². The zero-order chi connectivity index (χ0) is 37.5. The van der Waals surface area contributed by atoms with E-state index in [9.17, 15) is 0 Å². The number of aromatic nitrogens is 1. The molecule has 10 aromatic rings. The van der Waals surface area contributed by atoms with Gasteiger partial charge in [-0.25, -0.2) is 0 Å². The minimum absolute atomic E-state index is 0.573. The van der Waals surface area contributed by atoms with Crippen molar-refractivity contribution in [2.75, 3.05) is 5.32 Å². The SMILES string of the molecule is c1ccc(Nc2cccc(-c3ccc(-c4ccc5c6c4C(c4ccccc4)(c4ccccc4)c4ccc7c8ccccc8n(c7c4-6)-c4ccccc4-5)cc3)c2)cc1. The van der Waals surface area contributed by atoms with Gasteiger partial charge < -0.3 is 9.88 Å². The number of para-hydroxylation sites is 3. The quantitative estimate of drug-likeness (QED) is 0.181. The Kier molecular flexibility index (Phi) is 6.88. The molecule has 1 N–H and O–H groups in total. The summed E-state index contributed by atoms with van der Waals surface area (Å²) in [5.41, 5.74) is 20.5. The van der Waals surface area contributed by atoms with Gasteiger partial charge in [-0.2, -0.15) is 0 Å². The van der Waals surface area contributed by atoms with Gasteiger partial charge in [-0.1, -0.05) is 176 Å². The van der Waals surface area contributed by atoms with Crippen LogP contribution in [0.5, 0.6) is 0 Å². The third-order valence-corrected chi connectivity index (χ3v) is 12.4. The van der Waals surface area contributed by atoms with Crippen molar-refractivity contribution in [1.29, 1.82) is 0 Å². The fourth-order valence-electron chi connectivity index (χ4n) is 10.1. The van der Waals surface area contributed by atoms with Gasteiger partial charge in [-0.15, -0.1) is 0 Å². The normalized spacial score (nSPS) is 13.1. The Morgan fingerprint density at radius 2 is 1.02 bits per heavy atom. The third-order valence-electron chi connectivity index (χ3n) is 12.4. The zero-order valence-corrected chi connectivity index (χ0v) is 31.2. The highest BCUT2D eigenvalue weighted by molar-refractivity contribution is 6.20. The van der Waals surface area contributed by atoms with Gasteiger partial charge in [0.1, 0.15) is 0 Å². The Morgan fingerprint density at radius 1 is 0.386 bits per heavy atom. The molecular formula is C55H36N2. The number of anilines is 2. The molecule has 0 unspecified atom stereocenters. The molecule has 0 radical (unpaired) electrons. The van der Waals surface area contributed by atoms with Crippen LogP contribution in [0.15, 0.2) is 212 Å². The summed E-state index contributed by atoms with van der Waals surface area (Å²) in [5.74, 6) is 0. The summed E-state index contributed by atoms with van der Waals surface area (Å²) >= 11 is 0.